The van der Waals surface area contributed by atoms with Crippen LogP contribution in [0.2, 0.25) is 0 Å². The molecule has 1 rings (SSSR count). The zero-order valence-corrected chi connectivity index (χ0v) is 6.84. The normalized spacial score (nSPS) is 28.4. The first-order valence-corrected chi connectivity index (χ1v) is 3.58. The summed E-state index contributed by atoms with van der Waals surface area (Å²) in [6.45, 7) is 3.41. The predicted molar refractivity (Wildman–Crippen MR) is 40.0 cm³/mol. The van der Waals surface area contributed by atoms with Crippen molar-refractivity contribution in [3.63, 3.8) is 0 Å². The van der Waals surface area contributed by atoms with E-state index in [0.29, 0.717) is 0 Å². The van der Waals surface area contributed by atoms with Gasteiger partial charge in [0.15, 0.2) is 0 Å². The summed E-state index contributed by atoms with van der Waals surface area (Å²) in [5.41, 5.74) is 3.22. The molecule has 1 saturated heterocycles. The average Bonchev–Trinajstić information content (AvgIpc) is 2.32. The van der Waals surface area contributed by atoms with Crippen molar-refractivity contribution in [2.75, 3.05) is 0 Å². The predicted octanol–water partition coefficient (Wildman–Crippen LogP) is -0.759. The van der Waals surface area contributed by atoms with E-state index in [2.05, 4.69) is 16.2 Å². The number of rotatable bonds is 2. The molecular formula is C6H11N3O3. The molecule has 0 radical (unpaired) electrons. The van der Waals surface area contributed by atoms with Crippen molar-refractivity contribution in [3.05, 3.63) is 0 Å². The molecule has 0 spiro atoms. The maximum atomic E-state index is 10.8. The summed E-state index contributed by atoms with van der Waals surface area (Å²) in [6.07, 6.45) is 0. The van der Waals surface area contributed by atoms with E-state index in [4.69, 9.17) is 5.11 Å². The summed E-state index contributed by atoms with van der Waals surface area (Å²) in [7, 11) is 0. The second-order valence-electron chi connectivity index (χ2n) is 2.97. The molecular weight excluding hydrogens is 162 g/mol. The van der Waals surface area contributed by atoms with Crippen molar-refractivity contribution >= 4 is 12.0 Å². The highest BCUT2D eigenvalue weighted by Gasteiger charge is 2.47. The monoisotopic (exact) mass is 173 g/mol. The van der Waals surface area contributed by atoms with Gasteiger partial charge in [-0.2, -0.15) is 5.43 Å². The van der Waals surface area contributed by atoms with Crippen LogP contribution in [0, 0.1) is 5.92 Å². The van der Waals surface area contributed by atoms with Crippen molar-refractivity contribution in [1.82, 2.24) is 16.2 Å². The molecule has 0 aliphatic carbocycles. The summed E-state index contributed by atoms with van der Waals surface area (Å²) >= 11 is 0. The molecule has 1 heterocycles. The Morgan fingerprint density at radius 2 is 2.17 bits per heavy atom. The van der Waals surface area contributed by atoms with Gasteiger partial charge in [0.25, 0.3) is 0 Å². The number of carbonyl (C=O) groups excluding carboxylic acids is 1. The lowest BCUT2D eigenvalue weighted by Gasteiger charge is -2.26. The Morgan fingerprint density at radius 3 is 2.33 bits per heavy atom. The second-order valence-corrected chi connectivity index (χ2v) is 2.97. The fourth-order valence-corrected chi connectivity index (χ4v) is 1.04. The number of aliphatic carboxylic acids is 1. The quantitative estimate of drug-likeness (QED) is 0.442. The summed E-state index contributed by atoms with van der Waals surface area (Å²) in [6, 6.07) is -0.522. The molecule has 6 nitrogen and oxygen atoms in total. The average molecular weight is 173 g/mol. The van der Waals surface area contributed by atoms with Gasteiger partial charge in [-0.25, -0.2) is 9.59 Å². The maximum absolute atomic E-state index is 10.8. The lowest BCUT2D eigenvalue weighted by molar-refractivity contribution is -0.147. The van der Waals surface area contributed by atoms with Gasteiger partial charge in [-0.3, -0.25) is 5.43 Å². The van der Waals surface area contributed by atoms with E-state index in [1.54, 1.807) is 13.8 Å². The van der Waals surface area contributed by atoms with Crippen LogP contribution in [0.25, 0.3) is 0 Å². The standard InChI is InChI=1S/C6H11N3O3/c1-3(2)6(4(10)11)7-5(12)8-9-6/h3,9H,1-2H3,(H,10,11)(H2,7,8,12). The van der Waals surface area contributed by atoms with Crippen molar-refractivity contribution < 1.29 is 14.7 Å². The first-order valence-electron chi connectivity index (χ1n) is 3.58. The minimum atomic E-state index is -1.38. The largest absolute Gasteiger partial charge is 0.478 e. The number of hydrogen-bond donors (Lipinski definition) is 4. The highest BCUT2D eigenvalue weighted by Crippen LogP contribution is 2.15. The van der Waals surface area contributed by atoms with E-state index in [1.807, 2.05) is 0 Å². The topological polar surface area (TPSA) is 90.5 Å². The first-order chi connectivity index (χ1) is 5.49. The van der Waals surface area contributed by atoms with Gasteiger partial charge in [-0.15, -0.1) is 0 Å². The summed E-state index contributed by atoms with van der Waals surface area (Å²) in [4.78, 5) is 21.5. The molecule has 0 bridgehead atoms. The van der Waals surface area contributed by atoms with Gasteiger partial charge < -0.3 is 10.4 Å². The lowest BCUT2D eigenvalue weighted by atomic mass is 9.97. The molecule has 0 aromatic carbocycles. The van der Waals surface area contributed by atoms with Gasteiger partial charge in [-0.05, 0) is 0 Å². The van der Waals surface area contributed by atoms with Crippen molar-refractivity contribution in [2.24, 2.45) is 5.92 Å². The lowest BCUT2D eigenvalue weighted by Crippen LogP contribution is -2.61. The Labute approximate surface area is 69.3 Å². The van der Waals surface area contributed by atoms with Crippen LogP contribution in [0.5, 0.6) is 0 Å². The van der Waals surface area contributed by atoms with Crippen LogP contribution in [0.15, 0.2) is 0 Å². The molecule has 68 valence electrons. The van der Waals surface area contributed by atoms with Crippen LogP contribution >= 0.6 is 0 Å². The minimum Gasteiger partial charge on any atom is -0.478 e. The highest BCUT2D eigenvalue weighted by atomic mass is 16.4. The molecule has 1 aliphatic heterocycles. The molecule has 1 fully saturated rings. The zero-order chi connectivity index (χ0) is 9.35. The fourth-order valence-electron chi connectivity index (χ4n) is 1.04. The number of amides is 2. The molecule has 0 aromatic heterocycles. The van der Waals surface area contributed by atoms with Crippen LogP contribution in [0.1, 0.15) is 13.8 Å². The third-order valence-corrected chi connectivity index (χ3v) is 1.89. The zero-order valence-electron chi connectivity index (χ0n) is 6.84. The highest BCUT2D eigenvalue weighted by molar-refractivity contribution is 5.88. The first kappa shape index (κ1) is 8.79. The fraction of sp³-hybridized carbons (Fsp3) is 0.667. The molecule has 0 saturated carbocycles. The molecule has 2 amide bonds. The Balaban J connectivity index is 2.89. The molecule has 1 unspecified atom stereocenters. The molecule has 12 heavy (non-hydrogen) atoms. The second kappa shape index (κ2) is 2.63. The third kappa shape index (κ3) is 1.10. The summed E-state index contributed by atoms with van der Waals surface area (Å²) in [5.74, 6) is -1.34. The van der Waals surface area contributed by atoms with Crippen molar-refractivity contribution in [2.45, 2.75) is 19.5 Å². The van der Waals surface area contributed by atoms with E-state index in [-0.39, 0.29) is 5.92 Å². The smallest absolute Gasteiger partial charge is 0.346 e. The Bertz CT molecular complexity index is 228. The summed E-state index contributed by atoms with van der Waals surface area (Å²) in [5, 5.41) is 11.1. The van der Waals surface area contributed by atoms with Gasteiger partial charge >= 0.3 is 12.0 Å². The van der Waals surface area contributed by atoms with E-state index in [9.17, 15) is 9.59 Å². The van der Waals surface area contributed by atoms with E-state index >= 15 is 0 Å². The van der Waals surface area contributed by atoms with Crippen LogP contribution in [-0.4, -0.2) is 22.8 Å². The molecule has 1 aliphatic rings. The van der Waals surface area contributed by atoms with E-state index in [1.165, 1.54) is 0 Å². The molecule has 1 atom stereocenters. The van der Waals surface area contributed by atoms with Gasteiger partial charge in [0.1, 0.15) is 0 Å². The molecule has 0 aromatic rings. The Hall–Kier alpha value is -1.30. The SMILES string of the molecule is CC(C)C1(C(=O)O)NNC(=O)N1. The number of carboxylic acid groups (broad SMARTS) is 1. The van der Waals surface area contributed by atoms with Crippen LogP contribution in [0.3, 0.4) is 0 Å². The van der Waals surface area contributed by atoms with Crippen molar-refractivity contribution in [3.8, 4) is 0 Å². The Morgan fingerprint density at radius 1 is 1.58 bits per heavy atom. The maximum Gasteiger partial charge on any atom is 0.346 e. The van der Waals surface area contributed by atoms with Gasteiger partial charge in [0.2, 0.25) is 5.66 Å². The van der Waals surface area contributed by atoms with Crippen LogP contribution < -0.4 is 16.2 Å². The van der Waals surface area contributed by atoms with Crippen LogP contribution in [-0.2, 0) is 4.79 Å². The van der Waals surface area contributed by atoms with Gasteiger partial charge in [0, 0.05) is 5.92 Å². The van der Waals surface area contributed by atoms with Gasteiger partial charge in [-0.1, -0.05) is 13.8 Å². The number of hydrazine groups is 1. The summed E-state index contributed by atoms with van der Waals surface area (Å²) < 4.78 is 0. The van der Waals surface area contributed by atoms with Crippen molar-refractivity contribution in [1.29, 1.82) is 0 Å². The number of urea groups is 1. The number of carboxylic acids is 1. The van der Waals surface area contributed by atoms with Crippen LogP contribution in [0.4, 0.5) is 4.79 Å². The molecule has 4 N–H and O–H groups in total. The van der Waals surface area contributed by atoms with E-state index < -0.39 is 17.7 Å². The minimum absolute atomic E-state index is 0.242. The molecule has 6 heteroatoms. The third-order valence-electron chi connectivity index (χ3n) is 1.89. The Kier molecular flexibility index (Phi) is 1.93. The number of hydrogen-bond acceptors (Lipinski definition) is 3. The van der Waals surface area contributed by atoms with Gasteiger partial charge in [0.05, 0.1) is 0 Å². The van der Waals surface area contributed by atoms with E-state index in [0.717, 1.165) is 0 Å². The number of nitrogens with one attached hydrogen (secondary N) is 3. The number of carbonyl (C=O) groups is 2.